The van der Waals surface area contributed by atoms with Crippen molar-refractivity contribution in [3.8, 4) is 5.88 Å². The van der Waals surface area contributed by atoms with E-state index in [1.165, 1.54) is 11.0 Å². The van der Waals surface area contributed by atoms with Crippen LogP contribution in [0.1, 0.15) is 88.4 Å². The van der Waals surface area contributed by atoms with E-state index < -0.39 is 77.7 Å². The number of halogens is 2. The smallest absolute Gasteiger partial charge is 0.332 e. The molecule has 12 nitrogen and oxygen atoms in total. The molecule has 2 aliphatic heterocycles. The van der Waals surface area contributed by atoms with E-state index in [0.29, 0.717) is 30.0 Å². The molecule has 2 saturated heterocycles. The van der Waals surface area contributed by atoms with Crippen LogP contribution in [0, 0.1) is 12.8 Å². The zero-order valence-electron chi connectivity index (χ0n) is 30.8. The van der Waals surface area contributed by atoms with Gasteiger partial charge in [-0.1, -0.05) is 54.4 Å². The maximum absolute atomic E-state index is 15.4. The van der Waals surface area contributed by atoms with Crippen LogP contribution < -0.4 is 15.4 Å². The summed E-state index contributed by atoms with van der Waals surface area (Å²) in [6.45, 7) is 6.59. The molecule has 14 heteroatoms. The Kier molecular flexibility index (Phi) is 9.82. The molecule has 1 saturated carbocycles. The number of amides is 3. The first kappa shape index (κ1) is 37.2. The molecule has 286 valence electrons. The lowest BCUT2D eigenvalue weighted by Crippen LogP contribution is -2.57. The summed E-state index contributed by atoms with van der Waals surface area (Å²) >= 11 is 0. The first-order valence-electron chi connectivity index (χ1n) is 18.5. The summed E-state index contributed by atoms with van der Waals surface area (Å²) < 4.78 is 48.0. The van der Waals surface area contributed by atoms with Crippen LogP contribution >= 0.6 is 0 Å². The molecule has 2 N–H and O–H groups in total. The number of aryl methyl sites for hydroxylation is 1. The number of carbonyl (C=O) groups is 4. The van der Waals surface area contributed by atoms with Crippen molar-refractivity contribution in [3.05, 3.63) is 66.1 Å². The van der Waals surface area contributed by atoms with Crippen LogP contribution in [0.3, 0.4) is 0 Å². The Labute approximate surface area is 311 Å². The Morgan fingerprint density at radius 3 is 2.44 bits per heavy atom. The molecule has 3 amide bonds. The molecule has 5 atom stereocenters. The molecule has 3 aliphatic rings. The second-order valence-corrected chi connectivity index (χ2v) is 15.8. The zero-order valence-corrected chi connectivity index (χ0v) is 30.8. The van der Waals surface area contributed by atoms with E-state index in [9.17, 15) is 19.2 Å². The summed E-state index contributed by atoms with van der Waals surface area (Å²) in [5, 5.41) is 11.9. The third kappa shape index (κ3) is 7.74. The highest BCUT2D eigenvalue weighted by Gasteiger charge is 2.65. The van der Waals surface area contributed by atoms with Crippen LogP contribution in [-0.4, -0.2) is 80.5 Å². The van der Waals surface area contributed by atoms with Gasteiger partial charge in [0.1, 0.15) is 35.1 Å². The lowest BCUT2D eigenvalue weighted by molar-refractivity contribution is -0.161. The predicted octanol–water partition coefficient (Wildman–Crippen LogP) is 6.04. The van der Waals surface area contributed by atoms with Crippen molar-refractivity contribution in [2.75, 3.05) is 6.54 Å². The minimum Gasteiger partial charge on any atom is -0.472 e. The van der Waals surface area contributed by atoms with Crippen LogP contribution in [-0.2, 0) is 19.1 Å². The van der Waals surface area contributed by atoms with Gasteiger partial charge < -0.3 is 29.5 Å². The lowest BCUT2D eigenvalue weighted by atomic mass is 10.00. The number of aromatic nitrogens is 2. The Bertz CT molecular complexity index is 2100. The number of nitrogens with one attached hydrogen (secondary N) is 2. The van der Waals surface area contributed by atoms with Gasteiger partial charge in [0.25, 0.3) is 5.91 Å². The number of ether oxygens (including phenoxy) is 2. The molecule has 5 unspecified atom stereocenters. The number of alkyl halides is 2. The van der Waals surface area contributed by atoms with Crippen molar-refractivity contribution in [1.82, 2.24) is 25.7 Å². The molecule has 3 fully saturated rings. The first-order chi connectivity index (χ1) is 25.6. The maximum Gasteiger partial charge on any atom is 0.332 e. The van der Waals surface area contributed by atoms with Gasteiger partial charge in [-0.3, -0.25) is 14.4 Å². The maximum atomic E-state index is 15.4. The van der Waals surface area contributed by atoms with Crippen molar-refractivity contribution >= 4 is 45.4 Å². The van der Waals surface area contributed by atoms with E-state index in [1.54, 1.807) is 27.7 Å². The van der Waals surface area contributed by atoms with Crippen molar-refractivity contribution in [2.45, 2.75) is 114 Å². The average Bonchev–Trinajstić information content (AvgIpc) is 3.39. The topological polar surface area (TPSA) is 153 Å². The lowest BCUT2D eigenvalue weighted by Gasteiger charge is -2.30. The van der Waals surface area contributed by atoms with Crippen molar-refractivity contribution in [2.24, 2.45) is 5.92 Å². The van der Waals surface area contributed by atoms with E-state index in [4.69, 9.17) is 19.0 Å². The van der Waals surface area contributed by atoms with Crippen LogP contribution in [0.5, 0.6) is 5.88 Å². The van der Waals surface area contributed by atoms with Crippen LogP contribution in [0.2, 0.25) is 0 Å². The Morgan fingerprint density at radius 2 is 1.72 bits per heavy atom. The Morgan fingerprint density at radius 1 is 1.00 bits per heavy atom. The number of rotatable bonds is 5. The molecule has 7 rings (SSSR count). The number of esters is 1. The molecule has 0 bridgehead atoms. The quantitative estimate of drug-likeness (QED) is 0.184. The normalized spacial score (nSPS) is 26.2. The second-order valence-electron chi connectivity index (χ2n) is 15.8. The number of para-hydroxylation sites is 1. The third-order valence-electron chi connectivity index (χ3n) is 10.5. The largest absolute Gasteiger partial charge is 0.472 e. The molecule has 1 aliphatic carbocycles. The first-order valence-corrected chi connectivity index (χ1v) is 18.5. The monoisotopic (exact) mass is 745 g/mol. The summed E-state index contributed by atoms with van der Waals surface area (Å²) in [4.78, 5) is 62.1. The zero-order chi connectivity index (χ0) is 38.4. The Balaban J connectivity index is 1.24. The predicted molar refractivity (Wildman–Crippen MR) is 194 cm³/mol. The third-order valence-corrected chi connectivity index (χ3v) is 10.5. The molecule has 2 aromatic carbocycles. The molecule has 4 heterocycles. The minimum atomic E-state index is -3.10. The highest BCUT2D eigenvalue weighted by molar-refractivity contribution is 6.07. The number of nitrogens with zero attached hydrogens (tertiary/aromatic N) is 3. The van der Waals surface area contributed by atoms with Crippen LogP contribution in [0.25, 0.3) is 21.7 Å². The van der Waals surface area contributed by atoms with Gasteiger partial charge in [-0.15, -0.1) is 0 Å². The van der Waals surface area contributed by atoms with Crippen molar-refractivity contribution in [1.29, 1.82) is 0 Å². The fraction of sp³-hybridized carbons (Fsp3) is 0.500. The summed E-state index contributed by atoms with van der Waals surface area (Å²) in [5.41, 5.74) is -1.95. The molecule has 54 heavy (non-hydrogen) atoms. The number of carbonyl (C=O) groups excluding carboxylic acids is 4. The van der Waals surface area contributed by atoms with Gasteiger partial charge in [0.2, 0.25) is 23.6 Å². The highest BCUT2D eigenvalue weighted by Crippen LogP contribution is 2.52. The summed E-state index contributed by atoms with van der Waals surface area (Å²) in [6.07, 6.45) is -0.741. The SMILES string of the molecule is Cc1cc(C(=O)NC2CCCCCC(F)(F)CC3CC3(C(=O)OC(C)(C)C)NC(=O)C3CC(Oc4nc5ccccc5c5ccccc45)CN3C2=O)no1. The minimum absolute atomic E-state index is 0.00871. The summed E-state index contributed by atoms with van der Waals surface area (Å²) in [7, 11) is 0. The van der Waals surface area contributed by atoms with Crippen molar-refractivity contribution in [3.63, 3.8) is 0 Å². The van der Waals surface area contributed by atoms with E-state index in [1.807, 2.05) is 48.5 Å². The van der Waals surface area contributed by atoms with Gasteiger partial charge in [0, 0.05) is 42.0 Å². The molecule has 4 aromatic rings. The Hall–Kier alpha value is -5.14. The number of hydrogen-bond acceptors (Lipinski definition) is 9. The number of benzene rings is 2. The van der Waals surface area contributed by atoms with Gasteiger partial charge in [0.05, 0.1) is 12.1 Å². The number of fused-ring (bicyclic) bond motifs is 5. The van der Waals surface area contributed by atoms with E-state index in [2.05, 4.69) is 15.8 Å². The molecule has 0 spiro atoms. The van der Waals surface area contributed by atoms with Gasteiger partial charge in [-0.2, -0.15) is 0 Å². The molecule has 2 aromatic heterocycles. The molecular formula is C40H45F2N5O7. The van der Waals surface area contributed by atoms with E-state index in [0.717, 1.165) is 16.2 Å². The van der Waals surface area contributed by atoms with Gasteiger partial charge in [-0.25, -0.2) is 18.6 Å². The van der Waals surface area contributed by atoms with Crippen LogP contribution in [0.4, 0.5) is 8.78 Å². The summed E-state index contributed by atoms with van der Waals surface area (Å²) in [6, 6.07) is 14.4. The van der Waals surface area contributed by atoms with E-state index in [-0.39, 0.29) is 37.9 Å². The standard InChI is InChI=1S/C40H45F2N5O7/c1-23-18-31(46-54-23)33(48)43-30-16-6-5-11-17-39(41,42)20-24-21-40(24,37(51)53-38(2,3)4)45-34(49)32-19-25(22-47(32)36(30)50)52-35-28-14-8-7-12-26(28)27-13-9-10-15-29(27)44-35/h7-10,12-15,18,24-25,30,32H,5-6,11,16-17,19-22H2,1-4H3,(H,43,48)(H,45,49). The second kappa shape index (κ2) is 14.3. The van der Waals surface area contributed by atoms with Gasteiger partial charge >= 0.3 is 5.97 Å². The molecule has 0 radical (unpaired) electrons. The average molecular weight is 746 g/mol. The fourth-order valence-electron chi connectivity index (χ4n) is 7.73. The van der Waals surface area contributed by atoms with Gasteiger partial charge in [-0.05, 0) is 64.5 Å². The fourth-order valence-corrected chi connectivity index (χ4v) is 7.73. The van der Waals surface area contributed by atoms with Crippen molar-refractivity contribution < 1.29 is 42.0 Å². The molecular weight excluding hydrogens is 700 g/mol. The summed E-state index contributed by atoms with van der Waals surface area (Å²) in [5.74, 6) is -5.93. The highest BCUT2D eigenvalue weighted by atomic mass is 19.3. The van der Waals surface area contributed by atoms with Gasteiger partial charge in [0.15, 0.2) is 5.69 Å². The number of pyridine rings is 1. The van der Waals surface area contributed by atoms with Crippen LogP contribution in [0.15, 0.2) is 59.1 Å². The number of hydrogen-bond donors (Lipinski definition) is 2. The van der Waals surface area contributed by atoms with E-state index >= 15 is 8.78 Å².